The third-order valence-electron chi connectivity index (χ3n) is 1.59. The van der Waals surface area contributed by atoms with E-state index in [0.29, 0.717) is 4.59 Å². The molecule has 6 heteroatoms. The Morgan fingerprint density at radius 1 is 1.20 bits per heavy atom. The van der Waals surface area contributed by atoms with Crippen LogP contribution >= 0.6 is 0 Å². The summed E-state index contributed by atoms with van der Waals surface area (Å²) in [7, 11) is 0. The van der Waals surface area contributed by atoms with Gasteiger partial charge in [0.1, 0.15) is 0 Å². The van der Waals surface area contributed by atoms with Crippen LogP contribution in [0.15, 0.2) is 40.1 Å². The molecule has 2 rings (SSSR count). The Kier molecular flexibility index (Phi) is 2.80. The maximum absolute atomic E-state index is 11.0. The van der Waals surface area contributed by atoms with Crippen molar-refractivity contribution in [3.05, 3.63) is 51.3 Å². The Bertz CT molecular complexity index is 533. The second-order valence-corrected chi connectivity index (χ2v) is 4.95. The number of pyridine rings is 1. The zero-order chi connectivity index (χ0) is 10.7. The molecular weight excluding hydrogens is 261 g/mol. The second-order valence-electron chi connectivity index (χ2n) is 2.72. The van der Waals surface area contributed by atoms with Crippen molar-refractivity contribution in [2.75, 3.05) is 0 Å². The number of rotatable bonds is 2. The van der Waals surface area contributed by atoms with Gasteiger partial charge in [-0.25, -0.2) is 0 Å². The average molecular weight is 268 g/mol. The summed E-state index contributed by atoms with van der Waals surface area (Å²) in [6.07, 6.45) is 1.68. The number of nitrogens with zero attached hydrogens (tertiary/aromatic N) is 1. The minimum atomic E-state index is -0.477. The molecule has 2 aromatic heterocycles. The van der Waals surface area contributed by atoms with Crippen LogP contribution < -0.4 is 20.4 Å². The van der Waals surface area contributed by atoms with E-state index in [0.717, 1.165) is 4.59 Å². The second kappa shape index (κ2) is 4.25. The molecule has 0 fully saturated rings. The van der Waals surface area contributed by atoms with Gasteiger partial charge in [-0.1, -0.05) is 0 Å². The number of aromatic nitrogens is 3. The SMILES string of the molecule is O=c1cc([Se]c2ccccn2)[nH]c(=O)[nH]1. The first-order valence-corrected chi connectivity index (χ1v) is 5.88. The van der Waals surface area contributed by atoms with E-state index in [-0.39, 0.29) is 20.5 Å². The van der Waals surface area contributed by atoms with Crippen LogP contribution in [0.4, 0.5) is 0 Å². The van der Waals surface area contributed by atoms with Crippen LogP contribution in [0.3, 0.4) is 0 Å². The molecule has 0 amide bonds. The Morgan fingerprint density at radius 2 is 2.07 bits per heavy atom. The van der Waals surface area contributed by atoms with E-state index in [4.69, 9.17) is 0 Å². The number of hydrogen-bond acceptors (Lipinski definition) is 3. The number of aromatic amines is 2. The summed E-state index contributed by atoms with van der Waals surface area (Å²) >= 11 is -0.144. The van der Waals surface area contributed by atoms with Crippen molar-refractivity contribution >= 4 is 24.1 Å². The van der Waals surface area contributed by atoms with Gasteiger partial charge in [-0.15, -0.1) is 0 Å². The van der Waals surface area contributed by atoms with Crippen molar-refractivity contribution in [3.8, 4) is 0 Å². The summed E-state index contributed by atoms with van der Waals surface area (Å²) < 4.78 is 1.49. The number of hydrogen-bond donors (Lipinski definition) is 2. The van der Waals surface area contributed by atoms with Gasteiger partial charge in [0.05, 0.1) is 0 Å². The fraction of sp³-hybridized carbons (Fsp3) is 0. The van der Waals surface area contributed by atoms with Gasteiger partial charge in [-0.3, -0.25) is 0 Å². The minimum absolute atomic E-state index is 0.144. The van der Waals surface area contributed by atoms with E-state index < -0.39 is 5.69 Å². The third-order valence-corrected chi connectivity index (χ3v) is 3.46. The summed E-state index contributed by atoms with van der Waals surface area (Å²) in [5, 5.41) is 0. The Hall–Kier alpha value is -1.65. The maximum atomic E-state index is 11.0. The zero-order valence-corrected chi connectivity index (χ0v) is 9.27. The van der Waals surface area contributed by atoms with Crippen LogP contribution in [-0.4, -0.2) is 29.9 Å². The average Bonchev–Trinajstić information content (AvgIpc) is 2.17. The molecule has 76 valence electrons. The van der Waals surface area contributed by atoms with Crippen LogP contribution in [0.1, 0.15) is 0 Å². The first-order chi connectivity index (χ1) is 7.24. The molecule has 15 heavy (non-hydrogen) atoms. The van der Waals surface area contributed by atoms with Crippen LogP contribution in [0.2, 0.25) is 0 Å². The topological polar surface area (TPSA) is 78.6 Å². The van der Waals surface area contributed by atoms with E-state index in [2.05, 4.69) is 15.0 Å². The Balaban J connectivity index is 2.33. The predicted molar refractivity (Wildman–Crippen MR) is 56.9 cm³/mol. The van der Waals surface area contributed by atoms with Gasteiger partial charge in [-0.05, 0) is 0 Å². The quantitative estimate of drug-likeness (QED) is 0.625. The summed E-state index contributed by atoms with van der Waals surface area (Å²) in [5.74, 6) is 0. The van der Waals surface area contributed by atoms with Crippen LogP contribution in [0, 0.1) is 0 Å². The molecule has 0 aliphatic heterocycles. The van der Waals surface area contributed by atoms with Crippen molar-refractivity contribution in [2.24, 2.45) is 0 Å². The zero-order valence-electron chi connectivity index (χ0n) is 7.56. The van der Waals surface area contributed by atoms with E-state index in [1.165, 1.54) is 6.07 Å². The van der Waals surface area contributed by atoms with Crippen LogP contribution in [0.5, 0.6) is 0 Å². The van der Waals surface area contributed by atoms with Gasteiger partial charge in [0, 0.05) is 0 Å². The van der Waals surface area contributed by atoms with Crippen molar-refractivity contribution in [1.82, 2.24) is 15.0 Å². The molecule has 5 nitrogen and oxygen atoms in total. The molecule has 0 unspecified atom stereocenters. The fourth-order valence-electron chi connectivity index (χ4n) is 1.02. The van der Waals surface area contributed by atoms with Crippen LogP contribution in [-0.2, 0) is 0 Å². The van der Waals surface area contributed by atoms with Crippen molar-refractivity contribution in [2.45, 2.75) is 0 Å². The monoisotopic (exact) mass is 269 g/mol. The molecule has 0 saturated heterocycles. The molecule has 0 bridgehead atoms. The molecular formula is C9H7N3O2Se. The molecule has 0 radical (unpaired) electrons. The predicted octanol–water partition coefficient (Wildman–Crippen LogP) is -1.89. The molecule has 0 aliphatic carbocycles. The van der Waals surface area contributed by atoms with Gasteiger partial charge in [0.25, 0.3) is 0 Å². The fourth-order valence-corrected chi connectivity index (χ4v) is 2.69. The van der Waals surface area contributed by atoms with Gasteiger partial charge in [0.15, 0.2) is 0 Å². The van der Waals surface area contributed by atoms with Gasteiger partial charge in [0.2, 0.25) is 0 Å². The Labute approximate surface area is 90.8 Å². The molecule has 2 heterocycles. The van der Waals surface area contributed by atoms with E-state index in [1.807, 2.05) is 18.2 Å². The van der Waals surface area contributed by atoms with Gasteiger partial charge in [-0.2, -0.15) is 0 Å². The summed E-state index contributed by atoms with van der Waals surface area (Å²) in [6.45, 7) is 0. The Morgan fingerprint density at radius 3 is 2.73 bits per heavy atom. The van der Waals surface area contributed by atoms with E-state index >= 15 is 0 Å². The first-order valence-electron chi connectivity index (χ1n) is 4.16. The first kappa shape index (κ1) is 9.89. The molecule has 0 atom stereocenters. The molecule has 0 saturated carbocycles. The summed E-state index contributed by atoms with van der Waals surface area (Å²) in [6, 6.07) is 6.94. The van der Waals surface area contributed by atoms with Crippen LogP contribution in [0.25, 0.3) is 0 Å². The third kappa shape index (κ3) is 2.65. The molecule has 0 aromatic carbocycles. The number of H-pyrrole nitrogens is 2. The molecule has 2 N–H and O–H groups in total. The molecule has 2 aromatic rings. The summed E-state index contributed by atoms with van der Waals surface area (Å²) in [5.41, 5.74) is -0.859. The molecule has 0 aliphatic rings. The summed E-state index contributed by atoms with van der Waals surface area (Å²) in [4.78, 5) is 30.8. The van der Waals surface area contributed by atoms with Crippen molar-refractivity contribution in [1.29, 1.82) is 0 Å². The van der Waals surface area contributed by atoms with Gasteiger partial charge < -0.3 is 0 Å². The molecule has 0 spiro atoms. The van der Waals surface area contributed by atoms with Crippen molar-refractivity contribution in [3.63, 3.8) is 0 Å². The van der Waals surface area contributed by atoms with E-state index in [9.17, 15) is 9.59 Å². The van der Waals surface area contributed by atoms with E-state index in [1.54, 1.807) is 6.20 Å². The normalized spacial score (nSPS) is 10.1. The van der Waals surface area contributed by atoms with Gasteiger partial charge >= 0.3 is 90.4 Å². The number of nitrogens with one attached hydrogen (secondary N) is 2. The standard InChI is InChI=1S/C9H7N3O2Se/c13-6-5-8(12-9(14)11-6)15-7-3-1-2-4-10-7/h1-5H,(H2,11,12,13,14). The van der Waals surface area contributed by atoms with Crippen molar-refractivity contribution < 1.29 is 0 Å².